The van der Waals surface area contributed by atoms with E-state index < -0.39 is 0 Å². The molecule has 3 rings (SSSR count). The molecule has 0 amide bonds. The number of rotatable bonds is 3. The second-order valence-corrected chi connectivity index (χ2v) is 7.00. The molecule has 0 N–H and O–H groups in total. The molecule has 1 heterocycles. The van der Waals surface area contributed by atoms with Gasteiger partial charge in [-0.25, -0.2) is 0 Å². The van der Waals surface area contributed by atoms with Crippen molar-refractivity contribution in [2.45, 2.75) is 51.1 Å². The third kappa shape index (κ3) is 3.28. The maximum absolute atomic E-state index is 12.2. The number of hydrogen-bond acceptors (Lipinski definition) is 2. The standard InChI is InChI=1S/C17H21Cl2NO/c18-14-7-3-5-12(17(14)19)11-20-10-4-8-15(20)13-6-1-2-9-16(13)21/h3,5,7,13,15H,1-2,4,6,8-11H2. The van der Waals surface area contributed by atoms with Gasteiger partial charge in [-0.3, -0.25) is 9.69 Å². The second-order valence-electron chi connectivity index (χ2n) is 6.21. The molecule has 1 aliphatic heterocycles. The van der Waals surface area contributed by atoms with E-state index >= 15 is 0 Å². The number of carbonyl (C=O) groups is 1. The minimum Gasteiger partial charge on any atom is -0.299 e. The molecular weight excluding hydrogens is 305 g/mol. The largest absolute Gasteiger partial charge is 0.299 e. The maximum Gasteiger partial charge on any atom is 0.137 e. The number of hydrogen-bond donors (Lipinski definition) is 0. The molecule has 2 unspecified atom stereocenters. The molecule has 2 fully saturated rings. The van der Waals surface area contributed by atoms with Crippen molar-refractivity contribution in [2.75, 3.05) is 6.54 Å². The number of benzene rings is 1. The van der Waals surface area contributed by atoms with E-state index in [0.29, 0.717) is 21.9 Å². The Balaban J connectivity index is 1.75. The predicted molar refractivity (Wildman–Crippen MR) is 86.9 cm³/mol. The van der Waals surface area contributed by atoms with E-state index in [2.05, 4.69) is 4.90 Å². The van der Waals surface area contributed by atoms with Gasteiger partial charge >= 0.3 is 0 Å². The first-order valence-corrected chi connectivity index (χ1v) is 8.62. The first-order valence-electron chi connectivity index (χ1n) is 7.86. The van der Waals surface area contributed by atoms with E-state index in [-0.39, 0.29) is 5.92 Å². The lowest BCUT2D eigenvalue weighted by molar-refractivity contribution is -0.126. The fraction of sp³-hybridized carbons (Fsp3) is 0.588. The van der Waals surface area contributed by atoms with E-state index in [9.17, 15) is 4.79 Å². The fourth-order valence-corrected chi connectivity index (χ4v) is 4.19. The SMILES string of the molecule is O=C1CCCCC1C1CCCN1Cc1cccc(Cl)c1Cl. The lowest BCUT2D eigenvalue weighted by Crippen LogP contribution is -2.40. The Bertz CT molecular complexity index is 532. The van der Waals surface area contributed by atoms with Gasteiger partial charge in [0.25, 0.3) is 0 Å². The summed E-state index contributed by atoms with van der Waals surface area (Å²) in [6.45, 7) is 1.85. The molecule has 4 heteroatoms. The molecule has 2 nitrogen and oxygen atoms in total. The normalized spacial score (nSPS) is 27.2. The van der Waals surface area contributed by atoms with Crippen molar-refractivity contribution in [3.63, 3.8) is 0 Å². The van der Waals surface area contributed by atoms with E-state index in [4.69, 9.17) is 23.2 Å². The lowest BCUT2D eigenvalue weighted by Gasteiger charge is -2.33. The van der Waals surface area contributed by atoms with Gasteiger partial charge in [0, 0.05) is 24.9 Å². The summed E-state index contributed by atoms with van der Waals surface area (Å²) in [7, 11) is 0. The zero-order chi connectivity index (χ0) is 14.8. The molecule has 1 aromatic carbocycles. The van der Waals surface area contributed by atoms with E-state index in [0.717, 1.165) is 44.3 Å². The molecule has 0 aromatic heterocycles. The molecule has 0 radical (unpaired) electrons. The van der Waals surface area contributed by atoms with E-state index in [1.807, 2.05) is 18.2 Å². The molecule has 2 aliphatic rings. The molecule has 114 valence electrons. The number of Topliss-reactive ketones (excluding diaryl/α,β-unsaturated/α-hetero) is 1. The summed E-state index contributed by atoms with van der Waals surface area (Å²) in [5.41, 5.74) is 1.07. The molecule has 0 spiro atoms. The molecule has 2 atom stereocenters. The highest BCUT2D eigenvalue weighted by molar-refractivity contribution is 6.42. The van der Waals surface area contributed by atoms with Crippen LogP contribution in [0.1, 0.15) is 44.1 Å². The first kappa shape index (κ1) is 15.3. The van der Waals surface area contributed by atoms with Gasteiger partial charge in [0.05, 0.1) is 10.0 Å². The smallest absolute Gasteiger partial charge is 0.137 e. The average Bonchev–Trinajstić information content (AvgIpc) is 2.92. The zero-order valence-electron chi connectivity index (χ0n) is 12.2. The highest BCUT2D eigenvalue weighted by Crippen LogP contribution is 2.34. The minimum atomic E-state index is 0.235. The van der Waals surface area contributed by atoms with Gasteiger partial charge in [0.1, 0.15) is 5.78 Å². The second kappa shape index (κ2) is 6.68. The third-order valence-corrected chi connectivity index (χ3v) is 5.74. The van der Waals surface area contributed by atoms with Crippen LogP contribution < -0.4 is 0 Å². The van der Waals surface area contributed by atoms with Gasteiger partial charge in [-0.1, -0.05) is 41.8 Å². The Labute approximate surface area is 136 Å². The van der Waals surface area contributed by atoms with Gasteiger partial charge in [-0.05, 0) is 43.9 Å². The van der Waals surface area contributed by atoms with Crippen molar-refractivity contribution in [3.8, 4) is 0 Å². The van der Waals surface area contributed by atoms with Crippen molar-refractivity contribution in [2.24, 2.45) is 5.92 Å². The van der Waals surface area contributed by atoms with E-state index in [1.165, 1.54) is 12.8 Å². The molecule has 1 saturated carbocycles. The quantitative estimate of drug-likeness (QED) is 0.801. The Kier molecular flexibility index (Phi) is 4.88. The predicted octanol–water partition coefficient (Wildman–Crippen LogP) is 4.72. The number of halogens is 2. The van der Waals surface area contributed by atoms with E-state index in [1.54, 1.807) is 0 Å². The van der Waals surface area contributed by atoms with Crippen LogP contribution in [0, 0.1) is 5.92 Å². The monoisotopic (exact) mass is 325 g/mol. The fourth-order valence-electron chi connectivity index (χ4n) is 3.81. The van der Waals surface area contributed by atoms with Crippen LogP contribution in [0.3, 0.4) is 0 Å². The summed E-state index contributed by atoms with van der Waals surface area (Å²) < 4.78 is 0. The van der Waals surface area contributed by atoms with Crippen LogP contribution in [0.15, 0.2) is 18.2 Å². The van der Waals surface area contributed by atoms with Crippen LogP contribution in [-0.2, 0) is 11.3 Å². The van der Waals surface area contributed by atoms with Crippen LogP contribution in [0.5, 0.6) is 0 Å². The lowest BCUT2D eigenvalue weighted by atomic mass is 9.82. The summed E-state index contributed by atoms with van der Waals surface area (Å²) in [5, 5.41) is 1.26. The number of ketones is 1. The van der Waals surface area contributed by atoms with Gasteiger partial charge < -0.3 is 0 Å². The first-order chi connectivity index (χ1) is 10.2. The van der Waals surface area contributed by atoms with Crippen LogP contribution in [-0.4, -0.2) is 23.3 Å². The van der Waals surface area contributed by atoms with Crippen molar-refractivity contribution in [1.82, 2.24) is 4.90 Å². The van der Waals surface area contributed by atoms with Gasteiger partial charge in [-0.2, -0.15) is 0 Å². The Morgan fingerprint density at radius 2 is 2.00 bits per heavy atom. The molecule has 1 aromatic rings. The molecule has 1 aliphatic carbocycles. The molecule has 1 saturated heterocycles. The summed E-state index contributed by atoms with van der Waals surface area (Å²) in [5.74, 6) is 0.703. The van der Waals surface area contributed by atoms with Crippen LogP contribution in [0.4, 0.5) is 0 Å². The molecule has 0 bridgehead atoms. The highest BCUT2D eigenvalue weighted by atomic mass is 35.5. The summed E-state index contributed by atoms with van der Waals surface area (Å²) in [6.07, 6.45) is 6.40. The Hall–Kier alpha value is -0.570. The van der Waals surface area contributed by atoms with Crippen LogP contribution in [0.2, 0.25) is 10.0 Å². The Morgan fingerprint density at radius 1 is 1.14 bits per heavy atom. The summed E-state index contributed by atoms with van der Waals surface area (Å²) in [6, 6.07) is 6.19. The van der Waals surface area contributed by atoms with Crippen molar-refractivity contribution < 1.29 is 4.79 Å². The Morgan fingerprint density at radius 3 is 2.81 bits per heavy atom. The van der Waals surface area contributed by atoms with Crippen LogP contribution in [0.25, 0.3) is 0 Å². The molecular formula is C17H21Cl2NO. The molecule has 21 heavy (non-hydrogen) atoms. The minimum absolute atomic E-state index is 0.235. The highest BCUT2D eigenvalue weighted by Gasteiger charge is 2.36. The van der Waals surface area contributed by atoms with Gasteiger partial charge in [0.2, 0.25) is 0 Å². The van der Waals surface area contributed by atoms with Crippen molar-refractivity contribution >= 4 is 29.0 Å². The number of nitrogens with zero attached hydrogens (tertiary/aromatic N) is 1. The average molecular weight is 326 g/mol. The third-order valence-electron chi connectivity index (χ3n) is 4.89. The topological polar surface area (TPSA) is 20.3 Å². The number of carbonyl (C=O) groups excluding carboxylic acids is 1. The summed E-state index contributed by atoms with van der Waals surface area (Å²) in [4.78, 5) is 14.7. The van der Waals surface area contributed by atoms with Crippen molar-refractivity contribution in [1.29, 1.82) is 0 Å². The summed E-state index contributed by atoms with van der Waals surface area (Å²) >= 11 is 12.4. The van der Waals surface area contributed by atoms with Gasteiger partial charge in [0.15, 0.2) is 0 Å². The van der Waals surface area contributed by atoms with Gasteiger partial charge in [-0.15, -0.1) is 0 Å². The zero-order valence-corrected chi connectivity index (χ0v) is 13.7. The van der Waals surface area contributed by atoms with Crippen molar-refractivity contribution in [3.05, 3.63) is 33.8 Å². The maximum atomic E-state index is 12.2. The van der Waals surface area contributed by atoms with Crippen LogP contribution >= 0.6 is 23.2 Å². The number of likely N-dealkylation sites (tertiary alicyclic amines) is 1.